The Balaban J connectivity index is 1.58. The first-order valence-electron chi connectivity index (χ1n) is 9.94. The van der Waals surface area contributed by atoms with E-state index in [1.807, 2.05) is 24.3 Å². The Morgan fingerprint density at radius 2 is 1.61 bits per heavy atom. The van der Waals surface area contributed by atoms with Gasteiger partial charge in [-0.2, -0.15) is 4.31 Å². The van der Waals surface area contributed by atoms with Crippen LogP contribution in [0.4, 0.5) is 5.69 Å². The highest BCUT2D eigenvalue weighted by molar-refractivity contribution is 7.89. The van der Waals surface area contributed by atoms with Crippen LogP contribution in [0.1, 0.15) is 38.8 Å². The summed E-state index contributed by atoms with van der Waals surface area (Å²) in [6.07, 6.45) is 0.650. The van der Waals surface area contributed by atoms with E-state index in [1.165, 1.54) is 23.4 Å². The zero-order valence-corrected chi connectivity index (χ0v) is 17.9. The lowest BCUT2D eigenvalue weighted by Gasteiger charge is -2.28. The number of nitrogens with zero attached hydrogens (tertiary/aromatic N) is 1. The van der Waals surface area contributed by atoms with Crippen LogP contribution in [0.3, 0.4) is 0 Å². The lowest BCUT2D eigenvalue weighted by atomic mass is 10.0. The van der Waals surface area contributed by atoms with Crippen molar-refractivity contribution in [3.63, 3.8) is 0 Å². The Kier molecular flexibility index (Phi) is 5.71. The first kappa shape index (κ1) is 21.0. The highest BCUT2D eigenvalue weighted by Crippen LogP contribution is 2.26. The number of benzene rings is 3. The quantitative estimate of drug-likeness (QED) is 0.618. The summed E-state index contributed by atoms with van der Waals surface area (Å²) in [5.41, 5.74) is 3.14. The fourth-order valence-corrected chi connectivity index (χ4v) is 5.18. The van der Waals surface area contributed by atoms with E-state index < -0.39 is 15.9 Å². The smallest absolute Gasteiger partial charge is 0.255 e. The summed E-state index contributed by atoms with van der Waals surface area (Å²) in [7, 11) is -3.76. The fourth-order valence-electron chi connectivity index (χ4n) is 3.72. The molecule has 3 aromatic carbocycles. The summed E-state index contributed by atoms with van der Waals surface area (Å²) < 4.78 is 27.9. The van der Waals surface area contributed by atoms with Crippen LogP contribution in [-0.2, 0) is 23.0 Å². The van der Waals surface area contributed by atoms with Crippen molar-refractivity contribution >= 4 is 27.4 Å². The van der Waals surface area contributed by atoms with E-state index in [-0.39, 0.29) is 16.2 Å². The van der Waals surface area contributed by atoms with Gasteiger partial charge in [0.2, 0.25) is 10.0 Å². The number of hydrogen-bond acceptors (Lipinski definition) is 4. The molecule has 0 fully saturated rings. The molecule has 0 radical (unpaired) electrons. The van der Waals surface area contributed by atoms with Crippen molar-refractivity contribution < 1.29 is 18.0 Å². The number of anilines is 1. The van der Waals surface area contributed by atoms with Gasteiger partial charge in [0.15, 0.2) is 5.78 Å². The Morgan fingerprint density at radius 3 is 2.39 bits per heavy atom. The fraction of sp³-hybridized carbons (Fsp3) is 0.167. The molecule has 0 bridgehead atoms. The highest BCUT2D eigenvalue weighted by Gasteiger charge is 2.28. The molecule has 0 saturated carbocycles. The van der Waals surface area contributed by atoms with Gasteiger partial charge in [0, 0.05) is 24.2 Å². The molecule has 31 heavy (non-hydrogen) atoms. The molecule has 1 heterocycles. The maximum Gasteiger partial charge on any atom is 0.255 e. The Morgan fingerprint density at radius 1 is 0.903 bits per heavy atom. The minimum Gasteiger partial charge on any atom is -0.321 e. The van der Waals surface area contributed by atoms with Crippen molar-refractivity contribution in [2.45, 2.75) is 24.8 Å². The molecule has 3 aromatic rings. The van der Waals surface area contributed by atoms with Crippen LogP contribution in [-0.4, -0.2) is 31.0 Å². The third-order valence-corrected chi connectivity index (χ3v) is 7.23. The number of amides is 1. The molecule has 0 spiro atoms. The number of Topliss-reactive ketones (excluding diaryl/α,β-unsaturated/α-hetero) is 1. The van der Waals surface area contributed by atoms with E-state index in [4.69, 9.17) is 0 Å². The summed E-state index contributed by atoms with van der Waals surface area (Å²) in [6, 6.07) is 20.5. The van der Waals surface area contributed by atoms with E-state index in [0.717, 1.165) is 11.1 Å². The van der Waals surface area contributed by atoms with Crippen LogP contribution in [0.25, 0.3) is 0 Å². The number of ketones is 1. The van der Waals surface area contributed by atoms with Crippen LogP contribution < -0.4 is 5.32 Å². The standard InChI is InChI=1S/C24H22N2O4S/c1-17(27)22-11-4-5-12-23(22)25-24(28)19-9-6-10-21(15-19)31(29,30)26-14-13-18-7-2-3-8-20(18)16-26/h2-12,15H,13-14,16H2,1H3,(H,25,28). The number of fused-ring (bicyclic) bond motifs is 1. The average Bonchev–Trinajstić information content (AvgIpc) is 2.79. The van der Waals surface area contributed by atoms with E-state index in [1.54, 1.807) is 36.4 Å². The first-order chi connectivity index (χ1) is 14.9. The summed E-state index contributed by atoms with van der Waals surface area (Å²) in [4.78, 5) is 24.6. The molecule has 0 aromatic heterocycles. The Bertz CT molecular complexity index is 1270. The highest BCUT2D eigenvalue weighted by atomic mass is 32.2. The van der Waals surface area contributed by atoms with Crippen LogP contribution in [0.5, 0.6) is 0 Å². The second-order valence-electron chi connectivity index (χ2n) is 7.44. The van der Waals surface area contributed by atoms with Crippen molar-refractivity contribution in [2.24, 2.45) is 0 Å². The molecule has 0 saturated heterocycles. The number of rotatable bonds is 5. The van der Waals surface area contributed by atoms with Gasteiger partial charge < -0.3 is 5.32 Å². The van der Waals surface area contributed by atoms with Gasteiger partial charge >= 0.3 is 0 Å². The summed E-state index contributed by atoms with van der Waals surface area (Å²) in [5, 5.41) is 2.71. The summed E-state index contributed by atoms with van der Waals surface area (Å²) in [6.45, 7) is 2.12. The molecule has 1 aliphatic rings. The third kappa shape index (κ3) is 4.28. The topological polar surface area (TPSA) is 83.5 Å². The minimum atomic E-state index is -3.76. The predicted octanol–water partition coefficient (Wildman–Crippen LogP) is 3.89. The molecule has 0 aliphatic carbocycles. The van der Waals surface area contributed by atoms with Crippen molar-refractivity contribution in [1.29, 1.82) is 0 Å². The Hall–Kier alpha value is -3.29. The third-order valence-electron chi connectivity index (χ3n) is 5.38. The van der Waals surface area contributed by atoms with Gasteiger partial charge in [-0.25, -0.2) is 8.42 Å². The van der Waals surface area contributed by atoms with Crippen molar-refractivity contribution in [3.05, 3.63) is 95.1 Å². The molecule has 1 N–H and O–H groups in total. The molecule has 158 valence electrons. The molecular formula is C24H22N2O4S. The molecule has 7 heteroatoms. The molecule has 6 nitrogen and oxygen atoms in total. The lowest BCUT2D eigenvalue weighted by Crippen LogP contribution is -2.36. The van der Waals surface area contributed by atoms with Crippen LogP contribution in [0.15, 0.2) is 77.7 Å². The maximum atomic E-state index is 13.2. The molecular weight excluding hydrogens is 412 g/mol. The number of carbonyl (C=O) groups excluding carboxylic acids is 2. The molecule has 0 atom stereocenters. The Labute approximate surface area is 181 Å². The molecule has 1 amide bonds. The maximum absolute atomic E-state index is 13.2. The van der Waals surface area contributed by atoms with E-state index in [9.17, 15) is 18.0 Å². The van der Waals surface area contributed by atoms with Crippen LogP contribution in [0, 0.1) is 0 Å². The van der Waals surface area contributed by atoms with E-state index in [2.05, 4.69) is 5.32 Å². The van der Waals surface area contributed by atoms with Crippen molar-refractivity contribution in [1.82, 2.24) is 4.31 Å². The van der Waals surface area contributed by atoms with Gasteiger partial charge in [-0.3, -0.25) is 9.59 Å². The number of nitrogens with one attached hydrogen (secondary N) is 1. The zero-order chi connectivity index (χ0) is 22.0. The number of hydrogen-bond donors (Lipinski definition) is 1. The normalized spacial score (nSPS) is 14.0. The second-order valence-corrected chi connectivity index (χ2v) is 9.38. The van der Waals surface area contributed by atoms with Crippen LogP contribution >= 0.6 is 0 Å². The van der Waals surface area contributed by atoms with Gasteiger partial charge in [0.05, 0.1) is 10.6 Å². The van der Waals surface area contributed by atoms with Gasteiger partial charge in [-0.05, 0) is 54.8 Å². The summed E-state index contributed by atoms with van der Waals surface area (Å²) in [5.74, 6) is -0.646. The average molecular weight is 435 g/mol. The van der Waals surface area contributed by atoms with Crippen LogP contribution in [0.2, 0.25) is 0 Å². The summed E-state index contributed by atoms with van der Waals surface area (Å²) >= 11 is 0. The predicted molar refractivity (Wildman–Crippen MR) is 119 cm³/mol. The lowest BCUT2D eigenvalue weighted by molar-refractivity contribution is 0.101. The van der Waals surface area contributed by atoms with Gasteiger partial charge in [-0.15, -0.1) is 0 Å². The molecule has 1 aliphatic heterocycles. The first-order valence-corrected chi connectivity index (χ1v) is 11.4. The number of carbonyl (C=O) groups is 2. The number of para-hydroxylation sites is 1. The second kappa shape index (κ2) is 8.45. The zero-order valence-electron chi connectivity index (χ0n) is 17.0. The van der Waals surface area contributed by atoms with Crippen molar-refractivity contribution in [3.8, 4) is 0 Å². The largest absolute Gasteiger partial charge is 0.321 e. The van der Waals surface area contributed by atoms with E-state index >= 15 is 0 Å². The SMILES string of the molecule is CC(=O)c1ccccc1NC(=O)c1cccc(S(=O)(=O)N2CCc3ccccc3C2)c1. The minimum absolute atomic E-state index is 0.0689. The number of sulfonamides is 1. The molecule has 4 rings (SSSR count). The monoisotopic (exact) mass is 434 g/mol. The van der Waals surface area contributed by atoms with E-state index in [0.29, 0.717) is 30.8 Å². The van der Waals surface area contributed by atoms with Gasteiger partial charge in [0.1, 0.15) is 0 Å². The molecule has 0 unspecified atom stereocenters. The van der Waals surface area contributed by atoms with Gasteiger partial charge in [0.25, 0.3) is 5.91 Å². The van der Waals surface area contributed by atoms with Gasteiger partial charge in [-0.1, -0.05) is 42.5 Å². The van der Waals surface area contributed by atoms with Crippen molar-refractivity contribution in [2.75, 3.05) is 11.9 Å².